The minimum atomic E-state index is -4.70. The number of carbonyl (C=O) groups excluding carboxylic acids is 3. The van der Waals surface area contributed by atoms with Gasteiger partial charge in [0.1, 0.15) is 0 Å². The molecular weight excluding hydrogens is 302 g/mol. The monoisotopic (exact) mass is 319 g/mol. The summed E-state index contributed by atoms with van der Waals surface area (Å²) < 4.78 is 30.9. The Morgan fingerprint density at radius 1 is 1.29 bits per heavy atom. The van der Waals surface area contributed by atoms with Gasteiger partial charge >= 0.3 is 5.97 Å². The highest BCUT2D eigenvalue weighted by Gasteiger charge is 2.50. The van der Waals surface area contributed by atoms with Gasteiger partial charge in [0.25, 0.3) is 21.9 Å². The van der Waals surface area contributed by atoms with Gasteiger partial charge in [0.05, 0.1) is 11.8 Å². The molecule has 0 aromatic carbocycles. The molecule has 0 bridgehead atoms. The standard InChI is InChI=1S/C12H17NO7S/c1-12(5-3-2-4-6-12)11(16)20-13-9(14)7-8(10(13)15)21(17,18)19/h8H,2-7H2,1H3,(H,17,18,19). The van der Waals surface area contributed by atoms with Crippen LogP contribution in [0.1, 0.15) is 45.4 Å². The molecule has 1 aliphatic carbocycles. The first-order valence-corrected chi connectivity index (χ1v) is 8.21. The SMILES string of the molecule is CC1(C(=O)ON2C(=O)CC(S(=O)(=O)O)C2=O)CCCCC1. The van der Waals surface area contributed by atoms with E-state index >= 15 is 0 Å². The van der Waals surface area contributed by atoms with Gasteiger partial charge < -0.3 is 4.84 Å². The Morgan fingerprint density at radius 3 is 2.33 bits per heavy atom. The summed E-state index contributed by atoms with van der Waals surface area (Å²) in [5, 5.41) is -1.72. The van der Waals surface area contributed by atoms with Crippen molar-refractivity contribution in [3.8, 4) is 0 Å². The Labute approximate surface area is 122 Å². The van der Waals surface area contributed by atoms with Crippen LogP contribution < -0.4 is 0 Å². The van der Waals surface area contributed by atoms with Crippen molar-refractivity contribution in [1.29, 1.82) is 0 Å². The molecule has 0 aromatic heterocycles. The summed E-state index contributed by atoms with van der Waals surface area (Å²) in [5.74, 6) is -2.90. The fraction of sp³-hybridized carbons (Fsp3) is 0.750. The van der Waals surface area contributed by atoms with Crippen molar-refractivity contribution in [3.05, 3.63) is 0 Å². The molecule has 1 aliphatic heterocycles. The molecule has 1 atom stereocenters. The Bertz CT molecular complexity index is 576. The highest BCUT2D eigenvalue weighted by Crippen LogP contribution is 2.37. The van der Waals surface area contributed by atoms with Gasteiger partial charge in [-0.1, -0.05) is 19.3 Å². The smallest absolute Gasteiger partial charge is 0.330 e. The van der Waals surface area contributed by atoms with Crippen molar-refractivity contribution < 1.29 is 32.2 Å². The van der Waals surface area contributed by atoms with Gasteiger partial charge in [-0.25, -0.2) is 4.79 Å². The summed E-state index contributed by atoms with van der Waals surface area (Å²) in [5.41, 5.74) is -0.783. The summed E-state index contributed by atoms with van der Waals surface area (Å²) in [6.45, 7) is 1.69. The van der Waals surface area contributed by atoms with E-state index in [9.17, 15) is 22.8 Å². The Hall–Kier alpha value is -1.48. The maximum atomic E-state index is 12.1. The van der Waals surface area contributed by atoms with Crippen molar-refractivity contribution in [1.82, 2.24) is 5.06 Å². The van der Waals surface area contributed by atoms with Crippen LogP contribution in [0.3, 0.4) is 0 Å². The van der Waals surface area contributed by atoms with Crippen molar-refractivity contribution in [2.45, 2.75) is 50.7 Å². The van der Waals surface area contributed by atoms with Gasteiger partial charge in [0.15, 0.2) is 5.25 Å². The molecule has 2 amide bonds. The Morgan fingerprint density at radius 2 is 1.86 bits per heavy atom. The van der Waals surface area contributed by atoms with Crippen LogP contribution in [-0.4, -0.2) is 41.1 Å². The number of hydroxylamine groups is 2. The van der Waals surface area contributed by atoms with Gasteiger partial charge in [0.2, 0.25) is 0 Å². The number of nitrogens with zero attached hydrogens (tertiary/aromatic N) is 1. The molecule has 9 heteroatoms. The zero-order chi connectivity index (χ0) is 15.8. The summed E-state index contributed by atoms with van der Waals surface area (Å²) in [4.78, 5) is 40.4. The van der Waals surface area contributed by atoms with Gasteiger partial charge in [-0.15, -0.1) is 5.06 Å². The molecule has 118 valence electrons. The van der Waals surface area contributed by atoms with Crippen LogP contribution in [0.2, 0.25) is 0 Å². The summed E-state index contributed by atoms with van der Waals surface area (Å²) in [6, 6.07) is 0. The van der Waals surface area contributed by atoms with Crippen LogP contribution >= 0.6 is 0 Å². The molecule has 2 fully saturated rings. The van der Waals surface area contributed by atoms with Crippen LogP contribution in [0.5, 0.6) is 0 Å². The molecule has 0 aromatic rings. The van der Waals surface area contributed by atoms with E-state index in [0.717, 1.165) is 19.3 Å². The second kappa shape index (κ2) is 5.38. The molecule has 1 saturated heterocycles. The number of hydrogen-bond donors (Lipinski definition) is 1. The van der Waals surface area contributed by atoms with Gasteiger partial charge in [-0.05, 0) is 19.8 Å². The van der Waals surface area contributed by atoms with E-state index in [1.54, 1.807) is 6.92 Å². The normalized spacial score (nSPS) is 26.0. The van der Waals surface area contributed by atoms with Crippen LogP contribution in [0, 0.1) is 5.41 Å². The van der Waals surface area contributed by atoms with Gasteiger partial charge in [-0.2, -0.15) is 8.42 Å². The predicted molar refractivity (Wildman–Crippen MR) is 69.1 cm³/mol. The Balaban J connectivity index is 2.11. The molecule has 0 spiro atoms. The van der Waals surface area contributed by atoms with E-state index < -0.39 is 45.0 Å². The van der Waals surface area contributed by atoms with Crippen molar-refractivity contribution in [2.24, 2.45) is 5.41 Å². The average Bonchev–Trinajstić information content (AvgIpc) is 2.67. The number of amides is 2. The molecule has 1 saturated carbocycles. The minimum absolute atomic E-state index is 0.167. The zero-order valence-electron chi connectivity index (χ0n) is 11.6. The molecule has 2 rings (SSSR count). The topological polar surface area (TPSA) is 118 Å². The number of carbonyl (C=O) groups is 3. The quantitative estimate of drug-likeness (QED) is 0.592. The van der Waals surface area contributed by atoms with Crippen molar-refractivity contribution in [2.75, 3.05) is 0 Å². The van der Waals surface area contributed by atoms with E-state index in [-0.39, 0.29) is 5.06 Å². The first-order valence-electron chi connectivity index (χ1n) is 6.71. The summed E-state index contributed by atoms with van der Waals surface area (Å²) >= 11 is 0. The molecule has 2 aliphatic rings. The average molecular weight is 319 g/mol. The predicted octanol–water partition coefficient (Wildman–Crippen LogP) is 0.430. The lowest BCUT2D eigenvalue weighted by Crippen LogP contribution is -2.41. The van der Waals surface area contributed by atoms with Crippen LogP contribution in [-0.2, 0) is 29.3 Å². The molecule has 1 heterocycles. The lowest BCUT2D eigenvalue weighted by molar-refractivity contribution is -0.205. The third-order valence-corrected chi connectivity index (χ3v) is 5.13. The first kappa shape index (κ1) is 15.9. The van der Waals surface area contributed by atoms with E-state index in [2.05, 4.69) is 0 Å². The maximum absolute atomic E-state index is 12.1. The third-order valence-electron chi connectivity index (χ3n) is 4.05. The second-order valence-electron chi connectivity index (χ2n) is 5.73. The third kappa shape index (κ3) is 3.08. The lowest BCUT2D eigenvalue weighted by Gasteiger charge is -2.31. The molecule has 0 radical (unpaired) electrons. The molecular formula is C12H17NO7S. The van der Waals surface area contributed by atoms with Gasteiger partial charge in [-0.3, -0.25) is 14.1 Å². The fourth-order valence-corrected chi connectivity index (χ4v) is 3.34. The highest BCUT2D eigenvalue weighted by molar-refractivity contribution is 7.87. The zero-order valence-corrected chi connectivity index (χ0v) is 12.4. The number of imide groups is 1. The molecule has 1 N–H and O–H groups in total. The largest absolute Gasteiger partial charge is 0.338 e. The first-order chi connectivity index (χ1) is 9.65. The molecule has 1 unspecified atom stereocenters. The van der Waals surface area contributed by atoms with Crippen molar-refractivity contribution in [3.63, 3.8) is 0 Å². The second-order valence-corrected chi connectivity index (χ2v) is 7.33. The van der Waals surface area contributed by atoms with Crippen LogP contribution in [0.25, 0.3) is 0 Å². The van der Waals surface area contributed by atoms with E-state index in [0.29, 0.717) is 12.8 Å². The summed E-state index contributed by atoms with van der Waals surface area (Å²) in [6.07, 6.45) is 3.16. The van der Waals surface area contributed by atoms with E-state index in [1.165, 1.54) is 0 Å². The number of hydrogen-bond acceptors (Lipinski definition) is 6. The fourth-order valence-electron chi connectivity index (χ4n) is 2.64. The minimum Gasteiger partial charge on any atom is -0.330 e. The summed E-state index contributed by atoms with van der Waals surface area (Å²) in [7, 11) is -4.70. The maximum Gasteiger partial charge on any atom is 0.338 e. The number of rotatable bonds is 3. The van der Waals surface area contributed by atoms with E-state index in [4.69, 9.17) is 9.39 Å². The lowest BCUT2D eigenvalue weighted by atomic mass is 9.76. The molecule has 8 nitrogen and oxygen atoms in total. The van der Waals surface area contributed by atoms with Gasteiger partial charge in [0, 0.05) is 0 Å². The molecule has 21 heavy (non-hydrogen) atoms. The Kier molecular flexibility index (Phi) is 4.07. The van der Waals surface area contributed by atoms with Crippen LogP contribution in [0.4, 0.5) is 0 Å². The highest BCUT2D eigenvalue weighted by atomic mass is 32.2. The van der Waals surface area contributed by atoms with Crippen LogP contribution in [0.15, 0.2) is 0 Å². The van der Waals surface area contributed by atoms with E-state index in [1.807, 2.05) is 0 Å². The van der Waals surface area contributed by atoms with Crippen molar-refractivity contribution >= 4 is 27.9 Å².